The SMILES string of the molecule is CCCN(OCCN(CCOCCOCCOCCOCCOCCOCCOCCOCCOCCOCCNC(=O)CN1C(=O)C=CC1=O)C(=O)O)C(=O)C1=Cc2ccc(S(=O)(=O)NC)cc2N=C(N)C1. The van der Waals surface area contributed by atoms with E-state index in [-0.39, 0.29) is 81.9 Å². The summed E-state index contributed by atoms with van der Waals surface area (Å²) in [6.07, 6.45) is 3.24. The van der Waals surface area contributed by atoms with E-state index < -0.39 is 39.7 Å². The van der Waals surface area contributed by atoms with E-state index in [2.05, 4.69) is 15.0 Å². The molecule has 3 rings (SSSR count). The van der Waals surface area contributed by atoms with Gasteiger partial charge in [0.1, 0.15) is 12.4 Å². The van der Waals surface area contributed by atoms with Crippen molar-refractivity contribution < 1.29 is 89.7 Å². The van der Waals surface area contributed by atoms with E-state index in [0.29, 0.717) is 130 Å². The highest BCUT2D eigenvalue weighted by Gasteiger charge is 2.26. The maximum atomic E-state index is 13.5. The molecule has 0 fully saturated rings. The number of sulfonamides is 1. The molecule has 5 N–H and O–H groups in total. The third-order valence-electron chi connectivity index (χ3n) is 9.98. The Balaban J connectivity index is 1.05. The lowest BCUT2D eigenvalue weighted by Gasteiger charge is -2.25. The second kappa shape index (κ2) is 37.7. The van der Waals surface area contributed by atoms with Gasteiger partial charge in [0.15, 0.2) is 0 Å². The van der Waals surface area contributed by atoms with E-state index in [4.69, 9.17) is 57.9 Å². The Kier molecular flexibility index (Phi) is 32.1. The zero-order valence-electron chi connectivity index (χ0n) is 41.8. The Bertz CT molecular complexity index is 2010. The van der Waals surface area contributed by atoms with Gasteiger partial charge in [-0.3, -0.25) is 28.9 Å². The fraction of sp³-hybridized carbons (Fsp3) is 0.652. The van der Waals surface area contributed by atoms with Crippen LogP contribution >= 0.6 is 0 Å². The predicted molar refractivity (Wildman–Crippen MR) is 261 cm³/mol. The largest absolute Gasteiger partial charge is 0.465 e. The lowest BCUT2D eigenvalue weighted by molar-refractivity contribution is -0.183. The highest BCUT2D eigenvalue weighted by Crippen LogP contribution is 2.30. The van der Waals surface area contributed by atoms with Crippen molar-refractivity contribution in [3.05, 3.63) is 41.5 Å². The summed E-state index contributed by atoms with van der Waals surface area (Å²) in [6.45, 7) is 9.29. The van der Waals surface area contributed by atoms with Crippen LogP contribution in [0.3, 0.4) is 0 Å². The number of amides is 5. The van der Waals surface area contributed by atoms with Gasteiger partial charge in [-0.25, -0.2) is 28.0 Å². The van der Waals surface area contributed by atoms with E-state index in [1.54, 1.807) is 12.1 Å². The topological polar surface area (TPSA) is 313 Å². The van der Waals surface area contributed by atoms with Crippen LogP contribution < -0.4 is 15.8 Å². The number of amidine groups is 1. The molecule has 1 aromatic carbocycles. The highest BCUT2D eigenvalue weighted by molar-refractivity contribution is 7.89. The standard InChI is InChI=1S/C46H73N7O19S/c1-3-9-53(45(57)38-33-37-4-5-39(73(60,61)48-2)35-40(37)50-41(47)34-38)72-14-11-51(46(58)59)10-13-63-16-18-65-20-22-67-24-26-69-28-30-71-32-31-70-29-27-68-25-23-66-21-19-64-17-15-62-12-8-49-42(54)36-52-43(55)6-7-44(52)56/h4-7,33,35,48H,3,8-32,34,36H2,1-2H3,(H2,47,50)(H,49,54)(H,58,59). The van der Waals surface area contributed by atoms with Gasteiger partial charge in [0, 0.05) is 49.3 Å². The van der Waals surface area contributed by atoms with Crippen molar-refractivity contribution in [2.75, 3.05) is 179 Å². The van der Waals surface area contributed by atoms with Gasteiger partial charge in [-0.1, -0.05) is 13.0 Å². The summed E-state index contributed by atoms with van der Waals surface area (Å²) in [6, 6.07) is 4.33. The van der Waals surface area contributed by atoms with Crippen molar-refractivity contribution in [2.24, 2.45) is 10.7 Å². The molecule has 412 valence electrons. The molecule has 1 aromatic rings. The molecule has 27 heteroatoms. The number of hydrogen-bond donors (Lipinski definition) is 4. The van der Waals surface area contributed by atoms with Crippen molar-refractivity contribution in [3.8, 4) is 0 Å². The van der Waals surface area contributed by atoms with Crippen molar-refractivity contribution in [1.29, 1.82) is 0 Å². The first kappa shape index (κ1) is 62.3. The molecular weight excluding hydrogens is 987 g/mol. The molecule has 0 unspecified atom stereocenters. The minimum absolute atomic E-state index is 0.000546. The number of fused-ring (bicyclic) bond motifs is 1. The Morgan fingerprint density at radius 2 is 1.14 bits per heavy atom. The molecule has 0 atom stereocenters. The van der Waals surface area contributed by atoms with Gasteiger partial charge in [0.05, 0.1) is 156 Å². The molecule has 0 aromatic heterocycles. The molecule has 0 spiro atoms. The summed E-state index contributed by atoms with van der Waals surface area (Å²) in [5.41, 5.74) is 7.18. The first-order valence-corrected chi connectivity index (χ1v) is 25.5. The molecule has 5 amide bonds. The predicted octanol–water partition coefficient (Wildman–Crippen LogP) is -0.272. The fourth-order valence-corrected chi connectivity index (χ4v) is 7.00. The average Bonchev–Trinajstić information content (AvgIpc) is 3.57. The van der Waals surface area contributed by atoms with Crippen molar-refractivity contribution in [1.82, 2.24) is 24.9 Å². The number of nitrogens with one attached hydrogen (secondary N) is 2. The summed E-state index contributed by atoms with van der Waals surface area (Å²) in [7, 11) is -2.42. The minimum Gasteiger partial charge on any atom is -0.465 e. The number of carbonyl (C=O) groups is 5. The second-order valence-electron chi connectivity index (χ2n) is 15.5. The van der Waals surface area contributed by atoms with Crippen molar-refractivity contribution in [2.45, 2.75) is 24.7 Å². The Labute approximate surface area is 426 Å². The number of hydrogen-bond acceptors (Lipinski definition) is 20. The number of aliphatic imine (C=N–C) groups is 1. The van der Waals surface area contributed by atoms with Crippen LogP contribution in [0.25, 0.3) is 6.08 Å². The Morgan fingerprint density at radius 1 is 0.685 bits per heavy atom. The average molecular weight is 1060 g/mol. The summed E-state index contributed by atoms with van der Waals surface area (Å²) in [5, 5.41) is 13.5. The maximum absolute atomic E-state index is 13.5. The van der Waals surface area contributed by atoms with Gasteiger partial charge in [-0.2, -0.15) is 0 Å². The fourth-order valence-electron chi connectivity index (χ4n) is 6.25. The lowest BCUT2D eigenvalue weighted by atomic mass is 10.1. The summed E-state index contributed by atoms with van der Waals surface area (Å²) >= 11 is 0. The van der Waals surface area contributed by atoms with Gasteiger partial charge in [-0.05, 0) is 31.7 Å². The minimum atomic E-state index is -3.72. The van der Waals surface area contributed by atoms with Crippen LogP contribution in [-0.2, 0) is 81.4 Å². The van der Waals surface area contributed by atoms with Crippen LogP contribution in [0.5, 0.6) is 0 Å². The third-order valence-corrected chi connectivity index (χ3v) is 11.4. The molecule has 0 bridgehead atoms. The molecule has 0 saturated heterocycles. The molecular formula is C46H73N7O19S. The zero-order chi connectivity index (χ0) is 52.9. The number of nitrogens with two attached hydrogens (primary N) is 1. The Morgan fingerprint density at radius 3 is 1.59 bits per heavy atom. The maximum Gasteiger partial charge on any atom is 0.407 e. The third kappa shape index (κ3) is 26.7. The van der Waals surface area contributed by atoms with Gasteiger partial charge >= 0.3 is 6.09 Å². The molecule has 2 heterocycles. The summed E-state index contributed by atoms with van der Waals surface area (Å²) in [5.74, 6) is -1.81. The van der Waals surface area contributed by atoms with E-state index in [9.17, 15) is 37.5 Å². The number of hydroxylamine groups is 2. The van der Waals surface area contributed by atoms with Crippen LogP contribution in [-0.4, -0.2) is 242 Å². The smallest absolute Gasteiger partial charge is 0.407 e. The van der Waals surface area contributed by atoms with E-state index in [1.165, 1.54) is 24.2 Å². The normalized spacial score (nSPS) is 13.5. The first-order chi connectivity index (χ1) is 35.4. The van der Waals surface area contributed by atoms with Crippen LogP contribution in [0.2, 0.25) is 0 Å². The summed E-state index contributed by atoms with van der Waals surface area (Å²) in [4.78, 5) is 72.2. The van der Waals surface area contributed by atoms with Gasteiger partial charge in [-0.15, -0.1) is 0 Å². The van der Waals surface area contributed by atoms with Gasteiger partial charge in [0.2, 0.25) is 15.9 Å². The van der Waals surface area contributed by atoms with Crippen LogP contribution in [0.4, 0.5) is 10.5 Å². The second-order valence-corrected chi connectivity index (χ2v) is 17.3. The van der Waals surface area contributed by atoms with Crippen LogP contribution in [0.15, 0.2) is 45.8 Å². The number of carboxylic acid groups (broad SMARTS) is 1. The lowest BCUT2D eigenvalue weighted by Crippen LogP contribution is -2.41. The number of benzene rings is 1. The quantitative estimate of drug-likeness (QED) is 0.0371. The molecule has 2 aliphatic rings. The molecule has 26 nitrogen and oxygen atoms in total. The van der Waals surface area contributed by atoms with Crippen molar-refractivity contribution >= 4 is 57.3 Å². The van der Waals surface area contributed by atoms with Crippen LogP contribution in [0, 0.1) is 0 Å². The molecule has 0 aliphatic carbocycles. The monoisotopic (exact) mass is 1060 g/mol. The molecule has 73 heavy (non-hydrogen) atoms. The number of nitrogens with zero attached hydrogens (tertiary/aromatic N) is 4. The van der Waals surface area contributed by atoms with E-state index in [0.717, 1.165) is 22.0 Å². The number of carbonyl (C=O) groups excluding carboxylic acids is 4. The number of ether oxygens (including phenoxy) is 10. The van der Waals surface area contributed by atoms with E-state index in [1.807, 2.05) is 6.92 Å². The van der Waals surface area contributed by atoms with Gasteiger partial charge in [0.25, 0.3) is 17.7 Å². The first-order valence-electron chi connectivity index (χ1n) is 24.0. The summed E-state index contributed by atoms with van der Waals surface area (Å²) < 4.78 is 81.6. The van der Waals surface area contributed by atoms with Crippen LogP contribution in [0.1, 0.15) is 25.3 Å². The van der Waals surface area contributed by atoms with E-state index >= 15 is 0 Å². The molecule has 0 radical (unpaired) electrons. The van der Waals surface area contributed by atoms with Gasteiger partial charge < -0.3 is 68.4 Å². The molecule has 0 saturated carbocycles. The van der Waals surface area contributed by atoms with Crippen molar-refractivity contribution in [3.63, 3.8) is 0 Å². The Hall–Kier alpha value is -5.01. The number of imide groups is 1. The highest BCUT2D eigenvalue weighted by atomic mass is 32.2. The zero-order valence-corrected chi connectivity index (χ0v) is 42.6. The number of rotatable bonds is 44. The molecule has 2 aliphatic heterocycles.